The molecule has 0 saturated heterocycles. The summed E-state index contributed by atoms with van der Waals surface area (Å²) < 4.78 is 2.17. The number of benzene rings is 3. The SMILES string of the molecule is Oc1ccc(-c2ccc(Br)cc2)cc1-c1nc2ccccc2s1. The van der Waals surface area contributed by atoms with Gasteiger partial charge in [0, 0.05) is 4.47 Å². The van der Waals surface area contributed by atoms with Crippen LogP contribution in [-0.4, -0.2) is 10.1 Å². The zero-order valence-corrected chi connectivity index (χ0v) is 14.4. The Morgan fingerprint density at radius 2 is 1.61 bits per heavy atom. The van der Waals surface area contributed by atoms with E-state index < -0.39 is 0 Å². The molecule has 23 heavy (non-hydrogen) atoms. The molecule has 0 atom stereocenters. The molecule has 4 rings (SSSR count). The minimum Gasteiger partial charge on any atom is -0.507 e. The molecule has 0 amide bonds. The number of thiazole rings is 1. The Labute approximate surface area is 146 Å². The number of para-hydroxylation sites is 1. The Morgan fingerprint density at radius 3 is 2.39 bits per heavy atom. The highest BCUT2D eigenvalue weighted by Gasteiger charge is 2.11. The van der Waals surface area contributed by atoms with Crippen LogP contribution in [0.15, 0.2) is 71.2 Å². The minimum atomic E-state index is 0.255. The number of hydrogen-bond acceptors (Lipinski definition) is 3. The van der Waals surface area contributed by atoms with Crippen LogP contribution in [0.5, 0.6) is 5.75 Å². The number of aromatic hydroxyl groups is 1. The molecular weight excluding hydrogens is 370 g/mol. The summed E-state index contributed by atoms with van der Waals surface area (Å²) in [4.78, 5) is 4.64. The fourth-order valence-electron chi connectivity index (χ4n) is 2.52. The van der Waals surface area contributed by atoms with Crippen molar-refractivity contribution in [3.63, 3.8) is 0 Å². The van der Waals surface area contributed by atoms with E-state index in [2.05, 4.69) is 33.0 Å². The summed E-state index contributed by atoms with van der Waals surface area (Å²) in [6.45, 7) is 0. The molecule has 1 heterocycles. The van der Waals surface area contributed by atoms with Gasteiger partial charge in [0.2, 0.25) is 0 Å². The van der Waals surface area contributed by atoms with Gasteiger partial charge >= 0.3 is 0 Å². The van der Waals surface area contributed by atoms with Gasteiger partial charge in [0.25, 0.3) is 0 Å². The molecular formula is C19H12BrNOS. The maximum absolute atomic E-state index is 10.3. The second kappa shape index (κ2) is 5.80. The lowest BCUT2D eigenvalue weighted by atomic mass is 10.0. The third-order valence-electron chi connectivity index (χ3n) is 3.70. The second-order valence-electron chi connectivity index (χ2n) is 5.23. The summed E-state index contributed by atoms with van der Waals surface area (Å²) >= 11 is 5.04. The Bertz CT molecular complexity index is 959. The number of halogens is 1. The molecule has 1 N–H and O–H groups in total. The molecule has 0 aliphatic carbocycles. The highest BCUT2D eigenvalue weighted by Crippen LogP contribution is 2.37. The van der Waals surface area contributed by atoms with Crippen LogP contribution in [0.4, 0.5) is 0 Å². The number of rotatable bonds is 2. The predicted molar refractivity (Wildman–Crippen MR) is 99.9 cm³/mol. The van der Waals surface area contributed by atoms with Gasteiger partial charge < -0.3 is 5.11 Å². The van der Waals surface area contributed by atoms with Crippen molar-refractivity contribution in [2.24, 2.45) is 0 Å². The van der Waals surface area contributed by atoms with Crippen LogP contribution in [0.25, 0.3) is 31.9 Å². The molecule has 0 aliphatic rings. The van der Waals surface area contributed by atoms with E-state index in [-0.39, 0.29) is 5.75 Å². The van der Waals surface area contributed by atoms with Gasteiger partial charge in [-0.15, -0.1) is 11.3 Å². The van der Waals surface area contributed by atoms with Crippen molar-refractivity contribution in [1.82, 2.24) is 4.98 Å². The van der Waals surface area contributed by atoms with Gasteiger partial charge in [-0.2, -0.15) is 0 Å². The van der Waals surface area contributed by atoms with Crippen molar-refractivity contribution in [3.05, 3.63) is 71.2 Å². The van der Waals surface area contributed by atoms with Crippen LogP contribution in [-0.2, 0) is 0 Å². The van der Waals surface area contributed by atoms with Gasteiger partial charge in [-0.1, -0.05) is 46.3 Å². The molecule has 4 heteroatoms. The zero-order valence-electron chi connectivity index (χ0n) is 12.0. The van der Waals surface area contributed by atoms with Crippen molar-refractivity contribution in [1.29, 1.82) is 0 Å². The number of nitrogens with zero attached hydrogens (tertiary/aromatic N) is 1. The predicted octanol–water partition coefficient (Wildman–Crippen LogP) is 6.10. The first kappa shape index (κ1) is 14.4. The van der Waals surface area contributed by atoms with Gasteiger partial charge in [-0.05, 0) is 47.5 Å². The third kappa shape index (κ3) is 2.76. The lowest BCUT2D eigenvalue weighted by molar-refractivity contribution is 0.477. The second-order valence-corrected chi connectivity index (χ2v) is 7.17. The van der Waals surface area contributed by atoms with E-state index in [0.29, 0.717) is 0 Å². The lowest BCUT2D eigenvalue weighted by Gasteiger charge is -2.06. The van der Waals surface area contributed by atoms with Crippen molar-refractivity contribution in [3.8, 4) is 27.4 Å². The molecule has 0 bridgehead atoms. The molecule has 0 radical (unpaired) electrons. The lowest BCUT2D eigenvalue weighted by Crippen LogP contribution is -1.82. The van der Waals surface area contributed by atoms with Crippen LogP contribution in [0, 0.1) is 0 Å². The fourth-order valence-corrected chi connectivity index (χ4v) is 3.77. The van der Waals surface area contributed by atoms with E-state index >= 15 is 0 Å². The number of aromatic nitrogens is 1. The molecule has 0 saturated carbocycles. The van der Waals surface area contributed by atoms with Gasteiger partial charge in [-0.25, -0.2) is 4.98 Å². The van der Waals surface area contributed by atoms with Crippen LogP contribution in [0.3, 0.4) is 0 Å². The maximum Gasteiger partial charge on any atom is 0.128 e. The van der Waals surface area contributed by atoms with Crippen LogP contribution in [0.2, 0.25) is 0 Å². The smallest absolute Gasteiger partial charge is 0.128 e. The van der Waals surface area contributed by atoms with Crippen molar-refractivity contribution in [2.45, 2.75) is 0 Å². The van der Waals surface area contributed by atoms with E-state index in [1.54, 1.807) is 17.4 Å². The summed E-state index contributed by atoms with van der Waals surface area (Å²) in [5.74, 6) is 0.255. The van der Waals surface area contributed by atoms with Crippen LogP contribution >= 0.6 is 27.3 Å². The molecule has 0 aliphatic heterocycles. The standard InChI is InChI=1S/C19H12BrNOS/c20-14-8-5-12(6-9-14)13-7-10-17(22)15(11-13)19-21-16-3-1-2-4-18(16)23-19/h1-11,22H. The van der Waals surface area contributed by atoms with Crippen LogP contribution in [0.1, 0.15) is 0 Å². The van der Waals surface area contributed by atoms with Gasteiger partial charge in [0.15, 0.2) is 0 Å². The number of fused-ring (bicyclic) bond motifs is 1. The molecule has 0 fully saturated rings. The molecule has 112 valence electrons. The molecule has 0 spiro atoms. The van der Waals surface area contributed by atoms with E-state index in [9.17, 15) is 5.11 Å². The molecule has 4 aromatic rings. The summed E-state index contributed by atoms with van der Waals surface area (Å²) in [6, 6.07) is 21.8. The number of phenols is 1. The van der Waals surface area contributed by atoms with Gasteiger partial charge in [-0.3, -0.25) is 0 Å². The monoisotopic (exact) mass is 381 g/mol. The Morgan fingerprint density at radius 1 is 0.870 bits per heavy atom. The highest BCUT2D eigenvalue weighted by molar-refractivity contribution is 9.10. The molecule has 1 aromatic heterocycles. The number of phenolic OH excluding ortho intramolecular Hbond substituents is 1. The van der Waals surface area contributed by atoms with Crippen LogP contribution < -0.4 is 0 Å². The van der Waals surface area contributed by atoms with Crippen molar-refractivity contribution in [2.75, 3.05) is 0 Å². The summed E-state index contributed by atoms with van der Waals surface area (Å²) in [6.07, 6.45) is 0. The zero-order chi connectivity index (χ0) is 15.8. The highest BCUT2D eigenvalue weighted by atomic mass is 79.9. The largest absolute Gasteiger partial charge is 0.507 e. The first-order valence-electron chi connectivity index (χ1n) is 7.15. The third-order valence-corrected chi connectivity index (χ3v) is 5.30. The number of hydrogen-bond donors (Lipinski definition) is 1. The first-order chi connectivity index (χ1) is 11.2. The molecule has 3 aromatic carbocycles. The first-order valence-corrected chi connectivity index (χ1v) is 8.76. The average Bonchev–Trinajstić information content (AvgIpc) is 3.00. The van der Waals surface area contributed by atoms with E-state index in [4.69, 9.17) is 0 Å². The van der Waals surface area contributed by atoms with E-state index in [1.807, 2.05) is 48.5 Å². The van der Waals surface area contributed by atoms with E-state index in [0.717, 1.165) is 36.4 Å². The van der Waals surface area contributed by atoms with Crippen molar-refractivity contribution >= 4 is 37.5 Å². The quantitative estimate of drug-likeness (QED) is 0.455. The molecule has 2 nitrogen and oxygen atoms in total. The Balaban J connectivity index is 1.84. The maximum atomic E-state index is 10.3. The average molecular weight is 382 g/mol. The van der Waals surface area contributed by atoms with Gasteiger partial charge in [0.1, 0.15) is 10.8 Å². The normalized spacial score (nSPS) is 11.0. The van der Waals surface area contributed by atoms with E-state index in [1.165, 1.54) is 0 Å². The Hall–Kier alpha value is -2.17. The summed E-state index contributed by atoms with van der Waals surface area (Å²) in [5.41, 5.74) is 3.90. The molecule has 0 unspecified atom stereocenters. The fraction of sp³-hybridized carbons (Fsp3) is 0. The van der Waals surface area contributed by atoms with Gasteiger partial charge in [0.05, 0.1) is 15.8 Å². The topological polar surface area (TPSA) is 33.1 Å². The summed E-state index contributed by atoms with van der Waals surface area (Å²) in [5, 5.41) is 11.1. The minimum absolute atomic E-state index is 0.255. The Kier molecular flexibility index (Phi) is 3.63. The van der Waals surface area contributed by atoms with Crippen molar-refractivity contribution < 1.29 is 5.11 Å². The summed E-state index contributed by atoms with van der Waals surface area (Å²) in [7, 11) is 0.